The third-order valence-electron chi connectivity index (χ3n) is 5.50. The Bertz CT molecular complexity index is 1220. The molecule has 0 bridgehead atoms. The highest BCUT2D eigenvalue weighted by atomic mass is 16.5. The zero-order valence-corrected chi connectivity index (χ0v) is 18.0. The van der Waals surface area contributed by atoms with Crippen molar-refractivity contribution in [3.63, 3.8) is 0 Å². The van der Waals surface area contributed by atoms with Crippen molar-refractivity contribution in [2.75, 3.05) is 6.61 Å². The number of hydrogen-bond acceptors (Lipinski definition) is 5. The average Bonchev–Trinajstić information content (AvgIpc) is 2.77. The van der Waals surface area contributed by atoms with Crippen molar-refractivity contribution in [3.8, 4) is 5.75 Å². The minimum absolute atomic E-state index is 0.0690. The molecule has 0 fully saturated rings. The molecule has 2 aromatic carbocycles. The zero-order valence-electron chi connectivity index (χ0n) is 18.0. The van der Waals surface area contributed by atoms with Gasteiger partial charge in [-0.2, -0.15) is 0 Å². The molecule has 1 aliphatic heterocycles. The third-order valence-corrected chi connectivity index (χ3v) is 5.50. The molecule has 0 atom stereocenters. The molecule has 8 nitrogen and oxygen atoms in total. The molecule has 1 aromatic heterocycles. The summed E-state index contributed by atoms with van der Waals surface area (Å²) in [6.07, 6.45) is 4.95. The van der Waals surface area contributed by atoms with Crippen molar-refractivity contribution in [3.05, 3.63) is 69.8 Å². The molecule has 3 aromatic rings. The van der Waals surface area contributed by atoms with Gasteiger partial charge in [-0.1, -0.05) is 25.0 Å². The Hall–Kier alpha value is -3.68. The first-order valence-corrected chi connectivity index (χ1v) is 10.8. The fourth-order valence-electron chi connectivity index (χ4n) is 3.83. The van der Waals surface area contributed by atoms with Gasteiger partial charge in [0, 0.05) is 18.5 Å². The van der Waals surface area contributed by atoms with Gasteiger partial charge in [-0.15, -0.1) is 0 Å². The van der Waals surface area contributed by atoms with Crippen LogP contribution < -0.4 is 21.1 Å². The van der Waals surface area contributed by atoms with Crippen LogP contribution in [0.25, 0.3) is 10.9 Å². The van der Waals surface area contributed by atoms with Gasteiger partial charge >= 0.3 is 0 Å². The van der Waals surface area contributed by atoms with Crippen LogP contribution in [0.4, 0.5) is 0 Å². The molecular formula is C24H26N4O4. The van der Waals surface area contributed by atoms with E-state index in [0.717, 1.165) is 43.5 Å². The summed E-state index contributed by atoms with van der Waals surface area (Å²) >= 11 is 0. The fraction of sp³-hybridized carbons (Fsp3) is 0.333. The van der Waals surface area contributed by atoms with Gasteiger partial charge in [0.25, 0.3) is 17.4 Å². The van der Waals surface area contributed by atoms with E-state index < -0.39 is 11.8 Å². The Balaban J connectivity index is 1.42. The molecule has 0 spiro atoms. The number of rotatable bonds is 4. The first-order chi connectivity index (χ1) is 15.5. The lowest BCUT2D eigenvalue weighted by Crippen LogP contribution is -2.43. The lowest BCUT2D eigenvalue weighted by atomic mass is 10.1. The van der Waals surface area contributed by atoms with E-state index in [1.807, 2.05) is 25.1 Å². The SMILES string of the molecule is Cc1cccc(OCC(=O)NNC(=O)c2ccc3c(=O)n4c(nc3c2)CCCCCC4)c1. The Kier molecular flexibility index (Phi) is 6.49. The smallest absolute Gasteiger partial charge is 0.276 e. The highest BCUT2D eigenvalue weighted by molar-refractivity contribution is 5.98. The number of benzene rings is 2. The van der Waals surface area contributed by atoms with E-state index in [1.165, 1.54) is 0 Å². The third kappa shape index (κ3) is 4.96. The molecule has 0 saturated carbocycles. The number of nitrogens with one attached hydrogen (secondary N) is 2. The van der Waals surface area contributed by atoms with E-state index >= 15 is 0 Å². The molecule has 2 heterocycles. The number of hydrogen-bond donors (Lipinski definition) is 2. The van der Waals surface area contributed by atoms with Crippen molar-refractivity contribution >= 4 is 22.7 Å². The van der Waals surface area contributed by atoms with Crippen LogP contribution in [0.5, 0.6) is 5.75 Å². The monoisotopic (exact) mass is 434 g/mol. The fourth-order valence-corrected chi connectivity index (χ4v) is 3.83. The van der Waals surface area contributed by atoms with Crippen molar-refractivity contribution in [2.24, 2.45) is 0 Å². The van der Waals surface area contributed by atoms with Gasteiger partial charge in [0.1, 0.15) is 11.6 Å². The predicted molar refractivity (Wildman–Crippen MR) is 120 cm³/mol. The molecule has 2 N–H and O–H groups in total. The number of hydrazine groups is 1. The highest BCUT2D eigenvalue weighted by Crippen LogP contribution is 2.16. The molecule has 4 rings (SSSR count). The number of carbonyl (C=O) groups excluding carboxylic acids is 2. The lowest BCUT2D eigenvalue weighted by molar-refractivity contribution is -0.123. The van der Waals surface area contributed by atoms with Gasteiger partial charge in [-0.05, 0) is 55.7 Å². The largest absolute Gasteiger partial charge is 0.484 e. The Morgan fingerprint density at radius 3 is 2.75 bits per heavy atom. The van der Waals surface area contributed by atoms with E-state index in [1.54, 1.807) is 28.8 Å². The Morgan fingerprint density at radius 2 is 1.91 bits per heavy atom. The van der Waals surface area contributed by atoms with E-state index in [9.17, 15) is 14.4 Å². The van der Waals surface area contributed by atoms with Crippen LogP contribution in [0.15, 0.2) is 47.3 Å². The average molecular weight is 434 g/mol. The van der Waals surface area contributed by atoms with E-state index in [0.29, 0.717) is 28.8 Å². The number of fused-ring (bicyclic) bond motifs is 2. The normalized spacial score (nSPS) is 13.5. The highest BCUT2D eigenvalue weighted by Gasteiger charge is 2.15. The standard InChI is InChI=1S/C24H26N4O4/c1-16-7-6-8-18(13-16)32-15-22(29)26-27-23(30)17-10-11-19-20(14-17)25-21-9-4-2-3-5-12-28(21)24(19)31/h6-8,10-11,13-14H,2-5,9,12,15H2,1H3,(H,26,29)(H,27,30). The minimum atomic E-state index is -0.496. The maximum Gasteiger partial charge on any atom is 0.276 e. The van der Waals surface area contributed by atoms with Crippen LogP contribution in [-0.2, 0) is 17.8 Å². The number of aryl methyl sites for hydroxylation is 2. The van der Waals surface area contributed by atoms with Crippen LogP contribution >= 0.6 is 0 Å². The zero-order chi connectivity index (χ0) is 22.5. The summed E-state index contributed by atoms with van der Waals surface area (Å²) in [6, 6.07) is 12.1. The van der Waals surface area contributed by atoms with Gasteiger partial charge in [-0.25, -0.2) is 4.98 Å². The molecule has 0 saturated heterocycles. The van der Waals surface area contributed by atoms with Crippen LogP contribution in [0.2, 0.25) is 0 Å². The Labute approximate surface area is 185 Å². The first-order valence-electron chi connectivity index (χ1n) is 10.8. The summed E-state index contributed by atoms with van der Waals surface area (Å²) in [7, 11) is 0. The second-order valence-corrected chi connectivity index (χ2v) is 7.99. The summed E-state index contributed by atoms with van der Waals surface area (Å²) in [4.78, 5) is 42.1. The van der Waals surface area contributed by atoms with Crippen molar-refractivity contribution in [2.45, 2.75) is 45.6 Å². The second kappa shape index (κ2) is 9.64. The quantitative estimate of drug-likeness (QED) is 0.615. The maximum absolute atomic E-state index is 12.9. The lowest BCUT2D eigenvalue weighted by Gasteiger charge is -2.16. The molecule has 32 heavy (non-hydrogen) atoms. The van der Waals surface area contributed by atoms with Gasteiger partial charge in [0.2, 0.25) is 0 Å². The molecule has 1 aliphatic rings. The molecule has 166 valence electrons. The topological polar surface area (TPSA) is 102 Å². The van der Waals surface area contributed by atoms with E-state index in [-0.39, 0.29) is 12.2 Å². The minimum Gasteiger partial charge on any atom is -0.484 e. The number of nitrogens with zero attached hydrogens (tertiary/aromatic N) is 2. The summed E-state index contributed by atoms with van der Waals surface area (Å²) in [5, 5.41) is 0.487. The van der Waals surface area contributed by atoms with Gasteiger partial charge in [-0.3, -0.25) is 29.8 Å². The number of carbonyl (C=O) groups is 2. The van der Waals surface area contributed by atoms with Gasteiger partial charge in [0.15, 0.2) is 6.61 Å². The van der Waals surface area contributed by atoms with Crippen molar-refractivity contribution in [1.29, 1.82) is 0 Å². The summed E-state index contributed by atoms with van der Waals surface area (Å²) < 4.78 is 7.18. The number of aromatic nitrogens is 2. The van der Waals surface area contributed by atoms with Gasteiger partial charge in [0.05, 0.1) is 10.9 Å². The summed E-state index contributed by atoms with van der Waals surface area (Å²) in [6.45, 7) is 2.38. The molecule has 0 unspecified atom stereocenters. The summed E-state index contributed by atoms with van der Waals surface area (Å²) in [5.74, 6) is 0.359. The van der Waals surface area contributed by atoms with Crippen LogP contribution in [0, 0.1) is 6.92 Å². The molecule has 8 heteroatoms. The predicted octanol–water partition coefficient (Wildman–Crippen LogP) is 2.66. The first kappa shape index (κ1) is 21.5. The molecule has 0 aliphatic carbocycles. The van der Waals surface area contributed by atoms with E-state index in [4.69, 9.17) is 4.74 Å². The van der Waals surface area contributed by atoms with Crippen LogP contribution in [-0.4, -0.2) is 28.0 Å². The maximum atomic E-state index is 12.9. The molecule has 0 radical (unpaired) electrons. The van der Waals surface area contributed by atoms with E-state index in [2.05, 4.69) is 15.8 Å². The van der Waals surface area contributed by atoms with Crippen LogP contribution in [0.3, 0.4) is 0 Å². The van der Waals surface area contributed by atoms with Crippen molar-refractivity contribution < 1.29 is 14.3 Å². The van der Waals surface area contributed by atoms with Crippen LogP contribution in [0.1, 0.15) is 47.4 Å². The molecular weight excluding hydrogens is 408 g/mol. The molecule has 2 amide bonds. The Morgan fingerprint density at radius 1 is 1.06 bits per heavy atom. The van der Waals surface area contributed by atoms with Gasteiger partial charge < -0.3 is 4.74 Å². The van der Waals surface area contributed by atoms with Crippen molar-refractivity contribution in [1.82, 2.24) is 20.4 Å². The number of amides is 2. The number of ether oxygens (including phenoxy) is 1. The second-order valence-electron chi connectivity index (χ2n) is 7.99. The summed E-state index contributed by atoms with van der Waals surface area (Å²) in [5.41, 5.74) is 6.46.